The number of aromatic nitrogens is 1. The van der Waals surface area contributed by atoms with Crippen molar-refractivity contribution in [1.29, 1.82) is 0 Å². The Kier molecular flexibility index (Phi) is 5.82. The summed E-state index contributed by atoms with van der Waals surface area (Å²) in [5.74, 6) is 0.634. The van der Waals surface area contributed by atoms with Crippen LogP contribution in [-0.4, -0.2) is 42.1 Å². The first-order chi connectivity index (χ1) is 8.61. The van der Waals surface area contributed by atoms with E-state index < -0.39 is 0 Å². The average molecular weight is 288 g/mol. The van der Waals surface area contributed by atoms with Gasteiger partial charge in [-0.3, -0.25) is 4.79 Å². The van der Waals surface area contributed by atoms with Crippen LogP contribution in [0.3, 0.4) is 0 Å². The van der Waals surface area contributed by atoms with Gasteiger partial charge in [-0.05, 0) is 46.2 Å². The molecule has 1 atom stereocenters. The standard InChI is InChI=1S/C13H21N3O2.ClH/c1-9-12(10(2)18-15-9)13(17)16(3)11-5-4-7-14-8-6-11;/h11,14H,4-8H2,1-3H3;1H. The minimum atomic E-state index is 0. The second-order valence-electron chi connectivity index (χ2n) is 4.95. The number of carbonyl (C=O) groups excluding carboxylic acids is 1. The number of nitrogens with zero attached hydrogens (tertiary/aromatic N) is 2. The van der Waals surface area contributed by atoms with Crippen LogP contribution in [-0.2, 0) is 0 Å². The van der Waals surface area contributed by atoms with Gasteiger partial charge in [0.2, 0.25) is 0 Å². The summed E-state index contributed by atoms with van der Waals surface area (Å²) in [6, 6.07) is 0.307. The monoisotopic (exact) mass is 287 g/mol. The molecule has 1 unspecified atom stereocenters. The third-order valence-corrected chi connectivity index (χ3v) is 3.66. The van der Waals surface area contributed by atoms with Crippen molar-refractivity contribution in [3.8, 4) is 0 Å². The number of aryl methyl sites for hydroxylation is 2. The Bertz CT molecular complexity index is 406. The predicted molar refractivity (Wildman–Crippen MR) is 75.8 cm³/mol. The molecular formula is C13H22ClN3O2. The molecule has 1 amide bonds. The zero-order valence-corrected chi connectivity index (χ0v) is 12.5. The Morgan fingerprint density at radius 1 is 1.37 bits per heavy atom. The van der Waals surface area contributed by atoms with Gasteiger partial charge in [-0.15, -0.1) is 12.4 Å². The maximum Gasteiger partial charge on any atom is 0.259 e. The molecule has 0 aromatic carbocycles. The molecule has 0 saturated carbocycles. The lowest BCUT2D eigenvalue weighted by Crippen LogP contribution is -2.38. The Labute approximate surface area is 120 Å². The van der Waals surface area contributed by atoms with Crippen LogP contribution in [0.2, 0.25) is 0 Å². The van der Waals surface area contributed by atoms with Gasteiger partial charge in [0.05, 0.1) is 5.69 Å². The highest BCUT2D eigenvalue weighted by Gasteiger charge is 2.26. The van der Waals surface area contributed by atoms with Crippen molar-refractivity contribution >= 4 is 18.3 Å². The molecule has 0 bridgehead atoms. The van der Waals surface area contributed by atoms with Crippen molar-refractivity contribution in [1.82, 2.24) is 15.4 Å². The minimum Gasteiger partial charge on any atom is -0.361 e. The Hall–Kier alpha value is -1.07. The lowest BCUT2D eigenvalue weighted by molar-refractivity contribution is 0.0718. The smallest absolute Gasteiger partial charge is 0.259 e. The molecule has 0 spiro atoms. The molecule has 6 heteroatoms. The van der Waals surface area contributed by atoms with Gasteiger partial charge in [-0.1, -0.05) is 5.16 Å². The van der Waals surface area contributed by atoms with Crippen LogP contribution < -0.4 is 5.32 Å². The molecular weight excluding hydrogens is 266 g/mol. The summed E-state index contributed by atoms with van der Waals surface area (Å²) in [5, 5.41) is 7.21. The Balaban J connectivity index is 0.00000180. The first-order valence-electron chi connectivity index (χ1n) is 6.52. The summed E-state index contributed by atoms with van der Waals surface area (Å²) in [7, 11) is 1.88. The molecule has 2 rings (SSSR count). The molecule has 19 heavy (non-hydrogen) atoms. The Morgan fingerprint density at radius 3 is 2.74 bits per heavy atom. The van der Waals surface area contributed by atoms with E-state index in [9.17, 15) is 4.79 Å². The van der Waals surface area contributed by atoms with Crippen LogP contribution in [0.5, 0.6) is 0 Å². The van der Waals surface area contributed by atoms with Gasteiger partial charge < -0.3 is 14.7 Å². The maximum atomic E-state index is 12.5. The number of nitrogens with one attached hydrogen (secondary N) is 1. The molecule has 0 aliphatic carbocycles. The molecule has 1 N–H and O–H groups in total. The van der Waals surface area contributed by atoms with E-state index in [1.165, 1.54) is 0 Å². The number of halogens is 1. The van der Waals surface area contributed by atoms with Crippen molar-refractivity contribution in [2.75, 3.05) is 20.1 Å². The molecule has 1 aromatic rings. The van der Waals surface area contributed by atoms with Crippen molar-refractivity contribution in [2.24, 2.45) is 0 Å². The molecule has 108 valence electrons. The molecule has 1 aliphatic heterocycles. The normalized spacial score (nSPS) is 19.4. The summed E-state index contributed by atoms with van der Waals surface area (Å²) >= 11 is 0. The topological polar surface area (TPSA) is 58.4 Å². The van der Waals surface area contributed by atoms with Crippen LogP contribution in [0.15, 0.2) is 4.52 Å². The minimum absolute atomic E-state index is 0. The molecule has 1 fully saturated rings. The molecule has 1 saturated heterocycles. The zero-order chi connectivity index (χ0) is 13.1. The van der Waals surface area contributed by atoms with Gasteiger partial charge in [0.25, 0.3) is 5.91 Å². The van der Waals surface area contributed by atoms with Crippen LogP contribution in [0.1, 0.15) is 41.1 Å². The van der Waals surface area contributed by atoms with E-state index in [0.717, 1.165) is 32.4 Å². The Morgan fingerprint density at radius 2 is 2.11 bits per heavy atom. The van der Waals surface area contributed by atoms with Gasteiger partial charge in [0.15, 0.2) is 0 Å². The fourth-order valence-electron chi connectivity index (χ4n) is 2.52. The lowest BCUT2D eigenvalue weighted by Gasteiger charge is -2.26. The SMILES string of the molecule is Cc1noc(C)c1C(=O)N(C)C1CCCNCC1.Cl. The highest BCUT2D eigenvalue weighted by molar-refractivity contribution is 5.96. The number of amides is 1. The first kappa shape index (κ1) is 16.0. The largest absolute Gasteiger partial charge is 0.361 e. The van der Waals surface area contributed by atoms with Crippen LogP contribution in [0, 0.1) is 13.8 Å². The van der Waals surface area contributed by atoms with Crippen LogP contribution >= 0.6 is 12.4 Å². The quantitative estimate of drug-likeness (QED) is 0.903. The number of rotatable bonds is 2. The highest BCUT2D eigenvalue weighted by Crippen LogP contribution is 2.19. The van der Waals surface area contributed by atoms with E-state index in [0.29, 0.717) is 23.1 Å². The van der Waals surface area contributed by atoms with E-state index in [1.807, 2.05) is 18.9 Å². The second kappa shape index (κ2) is 6.91. The van der Waals surface area contributed by atoms with Crippen molar-refractivity contribution < 1.29 is 9.32 Å². The maximum absolute atomic E-state index is 12.5. The van der Waals surface area contributed by atoms with E-state index in [-0.39, 0.29) is 18.3 Å². The highest BCUT2D eigenvalue weighted by atomic mass is 35.5. The average Bonchev–Trinajstić information content (AvgIpc) is 2.61. The molecule has 2 heterocycles. The summed E-state index contributed by atoms with van der Waals surface area (Å²) in [6.45, 7) is 5.62. The molecule has 0 radical (unpaired) electrons. The van der Waals surface area contributed by atoms with Gasteiger partial charge >= 0.3 is 0 Å². The van der Waals surface area contributed by atoms with Crippen LogP contribution in [0.25, 0.3) is 0 Å². The summed E-state index contributed by atoms with van der Waals surface area (Å²) in [5.41, 5.74) is 1.30. The fourth-order valence-corrected chi connectivity index (χ4v) is 2.52. The van der Waals surface area contributed by atoms with Gasteiger partial charge in [0.1, 0.15) is 11.3 Å². The van der Waals surface area contributed by atoms with E-state index in [1.54, 1.807) is 6.92 Å². The summed E-state index contributed by atoms with van der Waals surface area (Å²) in [6.07, 6.45) is 3.17. The number of hydrogen-bond donors (Lipinski definition) is 1. The third-order valence-electron chi connectivity index (χ3n) is 3.66. The van der Waals surface area contributed by atoms with E-state index in [4.69, 9.17) is 4.52 Å². The third kappa shape index (κ3) is 3.48. The first-order valence-corrected chi connectivity index (χ1v) is 6.52. The van der Waals surface area contributed by atoms with Crippen LogP contribution in [0.4, 0.5) is 0 Å². The van der Waals surface area contributed by atoms with Gasteiger partial charge in [0, 0.05) is 13.1 Å². The van der Waals surface area contributed by atoms with Gasteiger partial charge in [-0.2, -0.15) is 0 Å². The predicted octanol–water partition coefficient (Wildman–Crippen LogP) is 1.93. The number of hydrogen-bond acceptors (Lipinski definition) is 4. The lowest BCUT2D eigenvalue weighted by atomic mass is 10.1. The fraction of sp³-hybridized carbons (Fsp3) is 0.692. The van der Waals surface area contributed by atoms with Crippen molar-refractivity contribution in [2.45, 2.75) is 39.2 Å². The number of carbonyl (C=O) groups is 1. The van der Waals surface area contributed by atoms with E-state index in [2.05, 4.69) is 10.5 Å². The molecule has 1 aliphatic rings. The summed E-state index contributed by atoms with van der Waals surface area (Å²) in [4.78, 5) is 14.3. The zero-order valence-electron chi connectivity index (χ0n) is 11.7. The van der Waals surface area contributed by atoms with E-state index >= 15 is 0 Å². The second-order valence-corrected chi connectivity index (χ2v) is 4.95. The van der Waals surface area contributed by atoms with Gasteiger partial charge in [-0.25, -0.2) is 0 Å². The van der Waals surface area contributed by atoms with Crippen molar-refractivity contribution in [3.05, 3.63) is 17.0 Å². The molecule has 1 aromatic heterocycles. The molecule has 5 nitrogen and oxygen atoms in total. The van der Waals surface area contributed by atoms with Crippen molar-refractivity contribution in [3.63, 3.8) is 0 Å². The summed E-state index contributed by atoms with van der Waals surface area (Å²) < 4.78 is 5.07.